The van der Waals surface area contributed by atoms with E-state index in [1.54, 1.807) is 38.5 Å². The van der Waals surface area contributed by atoms with Crippen molar-refractivity contribution in [2.24, 2.45) is 0 Å². The van der Waals surface area contributed by atoms with Crippen LogP contribution in [0.4, 0.5) is 0 Å². The van der Waals surface area contributed by atoms with E-state index in [0.717, 1.165) is 0 Å². The Bertz CT molecular complexity index is 662. The highest BCUT2D eigenvalue weighted by Gasteiger charge is 2.43. The van der Waals surface area contributed by atoms with Crippen molar-refractivity contribution in [3.63, 3.8) is 0 Å². The summed E-state index contributed by atoms with van der Waals surface area (Å²) in [5.74, 6) is 1.39. The first-order valence-electron chi connectivity index (χ1n) is 7.88. The van der Waals surface area contributed by atoms with Crippen molar-refractivity contribution in [2.75, 3.05) is 14.2 Å². The molecule has 126 valence electrons. The van der Waals surface area contributed by atoms with Crippen LogP contribution in [-0.2, 0) is 10.4 Å². The summed E-state index contributed by atoms with van der Waals surface area (Å²) in [7, 11) is 3.20. The maximum absolute atomic E-state index is 11.7. The monoisotopic (exact) mass is 327 g/mol. The number of benzene rings is 2. The van der Waals surface area contributed by atoms with Crippen molar-refractivity contribution < 1.29 is 19.4 Å². The number of amides is 1. The van der Waals surface area contributed by atoms with Crippen LogP contribution in [0.1, 0.15) is 24.0 Å². The molecule has 1 aliphatic heterocycles. The standard InChI is InChI=1S/C19H21NO4/c1-23-15-7-3-13(4-8-15)19(22,17-11-12-18(21)20-17)14-5-9-16(24-2)10-6-14/h3-10,17,22H,11-12H2,1-2H3,(H,20,21)/t17-/m1/s1. The molecule has 24 heavy (non-hydrogen) atoms. The third-order valence-electron chi connectivity index (χ3n) is 4.56. The molecule has 1 saturated heterocycles. The van der Waals surface area contributed by atoms with Gasteiger partial charge in [0, 0.05) is 6.42 Å². The van der Waals surface area contributed by atoms with E-state index in [2.05, 4.69) is 5.32 Å². The van der Waals surface area contributed by atoms with Crippen molar-refractivity contribution in [1.29, 1.82) is 0 Å². The fraction of sp³-hybridized carbons (Fsp3) is 0.316. The van der Waals surface area contributed by atoms with Crippen LogP contribution in [0, 0.1) is 0 Å². The number of aliphatic hydroxyl groups is 1. The lowest BCUT2D eigenvalue weighted by Crippen LogP contribution is -2.47. The Morgan fingerprint density at radius 3 is 1.75 bits per heavy atom. The summed E-state index contributed by atoms with van der Waals surface area (Å²) in [6.45, 7) is 0. The van der Waals surface area contributed by atoms with Crippen LogP contribution < -0.4 is 14.8 Å². The van der Waals surface area contributed by atoms with Crippen LogP contribution in [0.25, 0.3) is 0 Å². The van der Waals surface area contributed by atoms with Gasteiger partial charge in [0.15, 0.2) is 0 Å². The first kappa shape index (κ1) is 16.3. The Hall–Kier alpha value is -2.53. The van der Waals surface area contributed by atoms with Crippen molar-refractivity contribution in [2.45, 2.75) is 24.5 Å². The van der Waals surface area contributed by atoms with Gasteiger partial charge in [-0.2, -0.15) is 0 Å². The van der Waals surface area contributed by atoms with E-state index < -0.39 is 5.60 Å². The minimum absolute atomic E-state index is 0.0413. The van der Waals surface area contributed by atoms with Gasteiger partial charge in [0.05, 0.1) is 20.3 Å². The lowest BCUT2D eigenvalue weighted by molar-refractivity contribution is -0.120. The fourth-order valence-electron chi connectivity index (χ4n) is 3.19. The highest BCUT2D eigenvalue weighted by molar-refractivity contribution is 5.79. The molecule has 0 unspecified atom stereocenters. The number of carbonyl (C=O) groups excluding carboxylic acids is 1. The number of methoxy groups -OCH3 is 2. The summed E-state index contributed by atoms with van der Waals surface area (Å²) in [5, 5.41) is 14.5. The molecule has 1 aliphatic rings. The third kappa shape index (κ3) is 2.83. The van der Waals surface area contributed by atoms with Crippen molar-refractivity contribution in [3.05, 3.63) is 59.7 Å². The molecule has 1 heterocycles. The quantitative estimate of drug-likeness (QED) is 0.884. The first-order valence-corrected chi connectivity index (χ1v) is 7.88. The van der Waals surface area contributed by atoms with Crippen LogP contribution in [0.5, 0.6) is 11.5 Å². The number of rotatable bonds is 5. The molecule has 0 aromatic heterocycles. The summed E-state index contributed by atoms with van der Waals surface area (Å²) in [6, 6.07) is 14.1. The lowest BCUT2D eigenvalue weighted by atomic mass is 9.79. The Morgan fingerprint density at radius 1 is 0.958 bits per heavy atom. The van der Waals surface area contributed by atoms with E-state index in [0.29, 0.717) is 35.5 Å². The van der Waals surface area contributed by atoms with Gasteiger partial charge in [0.1, 0.15) is 17.1 Å². The van der Waals surface area contributed by atoms with E-state index in [9.17, 15) is 9.90 Å². The zero-order valence-corrected chi connectivity index (χ0v) is 13.8. The van der Waals surface area contributed by atoms with Gasteiger partial charge in [0.2, 0.25) is 5.91 Å². The highest BCUT2D eigenvalue weighted by atomic mass is 16.5. The maximum atomic E-state index is 11.7. The zero-order chi connectivity index (χ0) is 17.2. The minimum atomic E-state index is -1.31. The molecule has 0 saturated carbocycles. The van der Waals surface area contributed by atoms with Crippen LogP contribution in [-0.4, -0.2) is 31.3 Å². The highest BCUT2D eigenvalue weighted by Crippen LogP contribution is 2.38. The Morgan fingerprint density at radius 2 is 1.42 bits per heavy atom. The largest absolute Gasteiger partial charge is 0.497 e. The van der Waals surface area contributed by atoms with Gasteiger partial charge in [-0.3, -0.25) is 4.79 Å². The van der Waals surface area contributed by atoms with Gasteiger partial charge < -0.3 is 19.9 Å². The Labute approximate surface area is 141 Å². The summed E-state index contributed by atoms with van der Waals surface area (Å²) >= 11 is 0. The Kier molecular flexibility index (Phi) is 4.44. The molecule has 1 amide bonds. The minimum Gasteiger partial charge on any atom is -0.497 e. The molecule has 3 rings (SSSR count). The van der Waals surface area contributed by atoms with Gasteiger partial charge in [-0.25, -0.2) is 0 Å². The van der Waals surface area contributed by atoms with E-state index in [-0.39, 0.29) is 11.9 Å². The van der Waals surface area contributed by atoms with Gasteiger partial charge >= 0.3 is 0 Å². The molecule has 2 N–H and O–H groups in total. The molecule has 1 fully saturated rings. The second-order valence-electron chi connectivity index (χ2n) is 5.88. The smallest absolute Gasteiger partial charge is 0.220 e. The second kappa shape index (κ2) is 6.53. The molecule has 0 aliphatic carbocycles. The molecular formula is C19H21NO4. The molecule has 1 atom stereocenters. The molecule has 5 heteroatoms. The van der Waals surface area contributed by atoms with E-state index >= 15 is 0 Å². The molecule has 0 radical (unpaired) electrons. The summed E-state index contributed by atoms with van der Waals surface area (Å²) in [4.78, 5) is 11.7. The zero-order valence-electron chi connectivity index (χ0n) is 13.8. The predicted molar refractivity (Wildman–Crippen MR) is 90.2 cm³/mol. The van der Waals surface area contributed by atoms with E-state index in [4.69, 9.17) is 9.47 Å². The molecule has 5 nitrogen and oxygen atoms in total. The Balaban J connectivity index is 2.06. The second-order valence-corrected chi connectivity index (χ2v) is 5.88. The van der Waals surface area contributed by atoms with Crippen LogP contribution in [0.3, 0.4) is 0 Å². The average molecular weight is 327 g/mol. The molecular weight excluding hydrogens is 306 g/mol. The number of ether oxygens (including phenoxy) is 2. The fourth-order valence-corrected chi connectivity index (χ4v) is 3.19. The van der Waals surface area contributed by atoms with Gasteiger partial charge in [0.25, 0.3) is 0 Å². The van der Waals surface area contributed by atoms with Crippen molar-refractivity contribution >= 4 is 5.91 Å². The summed E-state index contributed by atoms with van der Waals surface area (Å²) in [6.07, 6.45) is 0.993. The third-order valence-corrected chi connectivity index (χ3v) is 4.56. The van der Waals surface area contributed by atoms with Gasteiger partial charge in [-0.15, -0.1) is 0 Å². The first-order chi connectivity index (χ1) is 11.6. The van der Waals surface area contributed by atoms with Crippen LogP contribution in [0.2, 0.25) is 0 Å². The number of hydrogen-bond donors (Lipinski definition) is 2. The van der Waals surface area contributed by atoms with E-state index in [1.165, 1.54) is 0 Å². The van der Waals surface area contributed by atoms with E-state index in [1.807, 2.05) is 24.3 Å². The normalized spacial score (nSPS) is 17.5. The average Bonchev–Trinajstić information content (AvgIpc) is 3.08. The van der Waals surface area contributed by atoms with Crippen LogP contribution >= 0.6 is 0 Å². The predicted octanol–water partition coefficient (Wildman–Crippen LogP) is 2.22. The van der Waals surface area contributed by atoms with Crippen molar-refractivity contribution in [1.82, 2.24) is 5.32 Å². The van der Waals surface area contributed by atoms with Gasteiger partial charge in [-0.05, 0) is 41.8 Å². The SMILES string of the molecule is COc1ccc(C(O)(c2ccc(OC)cc2)[C@H]2CCC(=O)N2)cc1. The number of nitrogens with one attached hydrogen (secondary N) is 1. The molecule has 0 bridgehead atoms. The molecule has 2 aromatic carbocycles. The van der Waals surface area contributed by atoms with Crippen molar-refractivity contribution in [3.8, 4) is 11.5 Å². The lowest BCUT2D eigenvalue weighted by Gasteiger charge is -2.35. The number of hydrogen-bond acceptors (Lipinski definition) is 4. The maximum Gasteiger partial charge on any atom is 0.220 e. The van der Waals surface area contributed by atoms with Gasteiger partial charge in [-0.1, -0.05) is 24.3 Å². The summed E-state index contributed by atoms with van der Waals surface area (Å²) < 4.78 is 10.4. The molecule has 2 aromatic rings. The molecule has 0 spiro atoms. The topological polar surface area (TPSA) is 67.8 Å². The number of carbonyl (C=O) groups is 1. The summed E-state index contributed by atoms with van der Waals surface area (Å²) in [5.41, 5.74) is 0.103. The van der Waals surface area contributed by atoms with Crippen LogP contribution in [0.15, 0.2) is 48.5 Å².